The molecule has 1 aliphatic carbocycles. The fraction of sp³-hybridized carbons (Fsp3) is 0.733. The fourth-order valence-corrected chi connectivity index (χ4v) is 2.52. The number of hydrogen-bond donors (Lipinski definition) is 1. The first kappa shape index (κ1) is 14.1. The monoisotopic (exact) mass is 263 g/mol. The third-order valence-electron chi connectivity index (χ3n) is 3.91. The lowest BCUT2D eigenvalue weighted by atomic mass is 9.89. The molecule has 2 rings (SSSR count). The summed E-state index contributed by atoms with van der Waals surface area (Å²) in [6.07, 6.45) is 7.41. The van der Waals surface area contributed by atoms with Gasteiger partial charge >= 0.3 is 0 Å². The third-order valence-corrected chi connectivity index (χ3v) is 3.91. The number of anilines is 1. The van der Waals surface area contributed by atoms with Gasteiger partial charge < -0.3 is 10.1 Å². The van der Waals surface area contributed by atoms with E-state index in [0.717, 1.165) is 18.1 Å². The summed E-state index contributed by atoms with van der Waals surface area (Å²) in [6, 6.07) is 2.30. The molecule has 0 spiro atoms. The number of ether oxygens (including phenoxy) is 1. The number of aromatic nitrogens is 2. The van der Waals surface area contributed by atoms with Crippen molar-refractivity contribution in [3.8, 4) is 5.88 Å². The highest BCUT2D eigenvalue weighted by Crippen LogP contribution is 2.32. The van der Waals surface area contributed by atoms with Crippen LogP contribution in [0.25, 0.3) is 0 Å². The number of rotatable bonds is 5. The molecule has 0 amide bonds. The molecule has 0 aromatic carbocycles. The normalized spacial score (nSPS) is 18.1. The molecule has 1 heterocycles. The van der Waals surface area contributed by atoms with Gasteiger partial charge in [0.2, 0.25) is 5.88 Å². The molecule has 1 aromatic rings. The second kappa shape index (κ2) is 6.73. The number of nitrogens with one attached hydrogen (secondary N) is 1. The molecule has 1 N–H and O–H groups in total. The fourth-order valence-electron chi connectivity index (χ4n) is 2.52. The van der Waals surface area contributed by atoms with Crippen molar-refractivity contribution in [2.45, 2.75) is 64.3 Å². The Kier molecular flexibility index (Phi) is 5.00. The van der Waals surface area contributed by atoms with Gasteiger partial charge in [-0.2, -0.15) is 4.98 Å². The second-order valence-corrected chi connectivity index (χ2v) is 5.44. The molecule has 4 heteroatoms. The molecule has 1 fully saturated rings. The Morgan fingerprint density at radius 2 is 2.05 bits per heavy atom. The lowest BCUT2D eigenvalue weighted by Crippen LogP contribution is -2.17. The van der Waals surface area contributed by atoms with Crippen molar-refractivity contribution >= 4 is 5.82 Å². The summed E-state index contributed by atoms with van der Waals surface area (Å²) < 4.78 is 5.31. The average Bonchev–Trinajstić information content (AvgIpc) is 2.47. The molecule has 1 saturated carbocycles. The summed E-state index contributed by atoms with van der Waals surface area (Å²) in [6.45, 7) is 4.33. The molecule has 1 unspecified atom stereocenters. The average molecular weight is 263 g/mol. The van der Waals surface area contributed by atoms with Crippen LogP contribution in [0.4, 0.5) is 5.82 Å². The summed E-state index contributed by atoms with van der Waals surface area (Å²) in [7, 11) is 1.67. The van der Waals surface area contributed by atoms with Crippen LogP contribution < -0.4 is 10.1 Å². The minimum atomic E-state index is 0.416. The van der Waals surface area contributed by atoms with Crippen LogP contribution in [0.3, 0.4) is 0 Å². The Balaban J connectivity index is 2.19. The van der Waals surface area contributed by atoms with Crippen LogP contribution in [0.2, 0.25) is 0 Å². The number of methoxy groups -OCH3 is 1. The van der Waals surface area contributed by atoms with Crippen LogP contribution in [0.15, 0.2) is 6.07 Å². The molecule has 0 bridgehead atoms. The highest BCUT2D eigenvalue weighted by atomic mass is 16.5. The Hall–Kier alpha value is -1.32. The van der Waals surface area contributed by atoms with Gasteiger partial charge in [-0.15, -0.1) is 0 Å². The zero-order valence-electron chi connectivity index (χ0n) is 12.3. The Labute approximate surface area is 116 Å². The van der Waals surface area contributed by atoms with Gasteiger partial charge in [-0.1, -0.05) is 26.2 Å². The molecule has 1 aromatic heterocycles. The van der Waals surface area contributed by atoms with Crippen molar-refractivity contribution in [3.05, 3.63) is 11.9 Å². The number of hydrogen-bond acceptors (Lipinski definition) is 4. The first-order chi connectivity index (χ1) is 9.22. The highest BCUT2D eigenvalue weighted by molar-refractivity contribution is 5.39. The van der Waals surface area contributed by atoms with Crippen LogP contribution in [-0.2, 0) is 0 Å². The van der Waals surface area contributed by atoms with Crippen LogP contribution in [0, 0.1) is 0 Å². The van der Waals surface area contributed by atoms with Crippen molar-refractivity contribution in [1.82, 2.24) is 9.97 Å². The van der Waals surface area contributed by atoms with Crippen LogP contribution in [0.1, 0.15) is 64.1 Å². The summed E-state index contributed by atoms with van der Waals surface area (Å²) in [5, 5.41) is 3.41. The molecular formula is C15H25N3O. The SMILES string of the molecule is CCC(C)Nc1cc(OC)nc(C2CCCCC2)n1. The van der Waals surface area contributed by atoms with Crippen LogP contribution >= 0.6 is 0 Å². The van der Waals surface area contributed by atoms with E-state index in [4.69, 9.17) is 9.72 Å². The van der Waals surface area contributed by atoms with E-state index in [0.29, 0.717) is 17.8 Å². The van der Waals surface area contributed by atoms with Gasteiger partial charge in [0, 0.05) is 18.0 Å². The molecule has 0 saturated heterocycles. The maximum Gasteiger partial charge on any atom is 0.218 e. The van der Waals surface area contributed by atoms with E-state index in [2.05, 4.69) is 24.1 Å². The van der Waals surface area contributed by atoms with Gasteiger partial charge in [-0.25, -0.2) is 4.98 Å². The van der Waals surface area contributed by atoms with Crippen LogP contribution in [0.5, 0.6) is 5.88 Å². The molecule has 0 radical (unpaired) electrons. The van der Waals surface area contributed by atoms with Crippen molar-refractivity contribution in [2.75, 3.05) is 12.4 Å². The zero-order valence-corrected chi connectivity index (χ0v) is 12.3. The number of nitrogens with zero attached hydrogens (tertiary/aromatic N) is 2. The first-order valence-electron chi connectivity index (χ1n) is 7.42. The van der Waals surface area contributed by atoms with Gasteiger partial charge in [-0.3, -0.25) is 0 Å². The third kappa shape index (κ3) is 3.82. The zero-order chi connectivity index (χ0) is 13.7. The summed E-state index contributed by atoms with van der Waals surface area (Å²) >= 11 is 0. The van der Waals surface area contributed by atoms with E-state index in [9.17, 15) is 0 Å². The van der Waals surface area contributed by atoms with E-state index >= 15 is 0 Å². The van der Waals surface area contributed by atoms with Gasteiger partial charge in [-0.05, 0) is 26.2 Å². The van der Waals surface area contributed by atoms with E-state index < -0.39 is 0 Å². The Morgan fingerprint density at radius 1 is 1.32 bits per heavy atom. The van der Waals surface area contributed by atoms with Crippen LogP contribution in [-0.4, -0.2) is 23.1 Å². The lowest BCUT2D eigenvalue weighted by Gasteiger charge is -2.21. The van der Waals surface area contributed by atoms with Gasteiger partial charge in [0.25, 0.3) is 0 Å². The minimum Gasteiger partial charge on any atom is -0.481 e. The second-order valence-electron chi connectivity index (χ2n) is 5.44. The molecule has 106 valence electrons. The van der Waals surface area contributed by atoms with E-state index in [1.807, 2.05) is 6.07 Å². The predicted molar refractivity (Wildman–Crippen MR) is 77.8 cm³/mol. The maximum atomic E-state index is 5.31. The van der Waals surface area contributed by atoms with Gasteiger partial charge in [0.15, 0.2) is 0 Å². The van der Waals surface area contributed by atoms with E-state index in [1.54, 1.807) is 7.11 Å². The van der Waals surface area contributed by atoms with Gasteiger partial charge in [0.1, 0.15) is 11.6 Å². The molecule has 4 nitrogen and oxygen atoms in total. The van der Waals surface area contributed by atoms with Gasteiger partial charge in [0.05, 0.1) is 7.11 Å². The molecule has 19 heavy (non-hydrogen) atoms. The largest absolute Gasteiger partial charge is 0.481 e. The van der Waals surface area contributed by atoms with Crippen molar-refractivity contribution in [3.63, 3.8) is 0 Å². The quantitative estimate of drug-likeness (QED) is 0.879. The highest BCUT2D eigenvalue weighted by Gasteiger charge is 2.20. The smallest absolute Gasteiger partial charge is 0.218 e. The van der Waals surface area contributed by atoms with Crippen molar-refractivity contribution < 1.29 is 4.74 Å². The first-order valence-corrected chi connectivity index (χ1v) is 7.42. The molecule has 1 aliphatic rings. The molecule has 1 atom stereocenters. The van der Waals surface area contributed by atoms with Crippen molar-refractivity contribution in [2.24, 2.45) is 0 Å². The van der Waals surface area contributed by atoms with E-state index in [-0.39, 0.29) is 0 Å². The Morgan fingerprint density at radius 3 is 2.68 bits per heavy atom. The lowest BCUT2D eigenvalue weighted by molar-refractivity contribution is 0.383. The summed E-state index contributed by atoms with van der Waals surface area (Å²) in [4.78, 5) is 9.23. The minimum absolute atomic E-state index is 0.416. The predicted octanol–water partition coefficient (Wildman–Crippen LogP) is 3.74. The standard InChI is InChI=1S/C15H25N3O/c1-4-11(2)16-13-10-14(19-3)18-15(17-13)12-8-6-5-7-9-12/h10-12H,4-9H2,1-3H3,(H,16,17,18). The topological polar surface area (TPSA) is 47.0 Å². The van der Waals surface area contributed by atoms with E-state index in [1.165, 1.54) is 32.1 Å². The maximum absolute atomic E-state index is 5.31. The van der Waals surface area contributed by atoms with Crippen molar-refractivity contribution in [1.29, 1.82) is 0 Å². The summed E-state index contributed by atoms with van der Waals surface area (Å²) in [5.74, 6) is 3.01. The molecule has 0 aliphatic heterocycles. The summed E-state index contributed by atoms with van der Waals surface area (Å²) in [5.41, 5.74) is 0. The molecular weight excluding hydrogens is 238 g/mol. The Bertz CT molecular complexity index is 402.